The Morgan fingerprint density at radius 3 is 2.07 bits per heavy atom. The number of aromatic amines is 1. The monoisotopic (exact) mass is 753 g/mol. The van der Waals surface area contributed by atoms with Crippen molar-refractivity contribution in [3.05, 3.63) is 119 Å². The third-order valence-electron chi connectivity index (χ3n) is 8.63. The van der Waals surface area contributed by atoms with Gasteiger partial charge < -0.3 is 36.1 Å². The largest absolute Gasteiger partial charge is 0.481 e. The summed E-state index contributed by atoms with van der Waals surface area (Å²) in [6.45, 7) is 5.28. The van der Waals surface area contributed by atoms with Crippen LogP contribution in [-0.2, 0) is 43.2 Å². The SMILES string of the molecule is CC(C)(C)OC(=O)N[C@@H](Cc1c[nH]c2ccccc12)C(=O)N[C@H](Cc1ccc2ccccc2c1)C(=O)N[C@H](CC(=O)O)C(=O)NCCc1ccc(Cl)cc1. The van der Waals surface area contributed by atoms with Crippen LogP contribution >= 0.6 is 11.6 Å². The Balaban J connectivity index is 1.39. The molecule has 1 aromatic heterocycles. The number of fused-ring (bicyclic) bond motifs is 2. The summed E-state index contributed by atoms with van der Waals surface area (Å²) in [4.78, 5) is 69.5. The highest BCUT2D eigenvalue weighted by atomic mass is 35.5. The molecular formula is C41H44ClN5O7. The van der Waals surface area contributed by atoms with Gasteiger partial charge in [0.15, 0.2) is 0 Å². The second kappa shape index (κ2) is 17.8. The molecule has 0 bridgehead atoms. The van der Waals surface area contributed by atoms with Crippen molar-refractivity contribution < 1.29 is 33.8 Å². The quantitative estimate of drug-likeness (QED) is 0.0822. The first-order valence-electron chi connectivity index (χ1n) is 17.6. The molecule has 5 aromatic rings. The molecule has 3 atom stereocenters. The van der Waals surface area contributed by atoms with Crippen LogP contribution in [0.25, 0.3) is 21.7 Å². The van der Waals surface area contributed by atoms with Crippen molar-refractivity contribution in [2.24, 2.45) is 0 Å². The number of amides is 4. The van der Waals surface area contributed by atoms with Crippen molar-refractivity contribution in [3.63, 3.8) is 0 Å². The van der Waals surface area contributed by atoms with Gasteiger partial charge in [-0.15, -0.1) is 0 Å². The Morgan fingerprint density at radius 2 is 1.37 bits per heavy atom. The number of nitrogens with one attached hydrogen (secondary N) is 5. The van der Waals surface area contributed by atoms with Crippen LogP contribution in [-0.4, -0.2) is 70.1 Å². The number of carbonyl (C=O) groups is 5. The first-order chi connectivity index (χ1) is 25.7. The highest BCUT2D eigenvalue weighted by Crippen LogP contribution is 2.21. The molecule has 0 aliphatic heterocycles. The van der Waals surface area contributed by atoms with E-state index in [1.807, 2.05) is 78.9 Å². The highest BCUT2D eigenvalue weighted by Gasteiger charge is 2.32. The molecule has 0 saturated heterocycles. The zero-order chi connectivity index (χ0) is 38.8. The second-order valence-electron chi connectivity index (χ2n) is 14.0. The van der Waals surface area contributed by atoms with E-state index < -0.39 is 59.9 Å². The molecule has 0 aliphatic carbocycles. The van der Waals surface area contributed by atoms with Crippen molar-refractivity contribution in [1.29, 1.82) is 0 Å². The van der Waals surface area contributed by atoms with Gasteiger partial charge in [0.1, 0.15) is 23.7 Å². The fourth-order valence-electron chi connectivity index (χ4n) is 6.02. The number of hydrogen-bond acceptors (Lipinski definition) is 6. The summed E-state index contributed by atoms with van der Waals surface area (Å²) in [6, 6.07) is 24.0. The molecule has 4 aromatic carbocycles. The van der Waals surface area contributed by atoms with Crippen LogP contribution in [0.4, 0.5) is 4.79 Å². The van der Waals surface area contributed by atoms with Gasteiger partial charge in [0.05, 0.1) is 6.42 Å². The van der Waals surface area contributed by atoms with Crippen LogP contribution < -0.4 is 21.3 Å². The van der Waals surface area contributed by atoms with Crippen molar-refractivity contribution in [3.8, 4) is 0 Å². The molecule has 0 radical (unpaired) electrons. The third kappa shape index (κ3) is 11.3. The van der Waals surface area contributed by atoms with Gasteiger partial charge in [-0.1, -0.05) is 84.4 Å². The Bertz CT molecular complexity index is 2130. The summed E-state index contributed by atoms with van der Waals surface area (Å²) in [6.07, 6.45) is 0.722. The number of aromatic nitrogens is 1. The zero-order valence-electron chi connectivity index (χ0n) is 30.3. The van der Waals surface area contributed by atoms with Crippen LogP contribution in [0, 0.1) is 0 Å². The van der Waals surface area contributed by atoms with Gasteiger partial charge in [-0.3, -0.25) is 19.2 Å². The van der Waals surface area contributed by atoms with E-state index in [-0.39, 0.29) is 19.4 Å². The molecule has 0 unspecified atom stereocenters. The molecular weight excluding hydrogens is 710 g/mol. The van der Waals surface area contributed by atoms with Crippen LogP contribution in [0.2, 0.25) is 5.02 Å². The van der Waals surface area contributed by atoms with Gasteiger partial charge in [-0.05, 0) is 72.9 Å². The summed E-state index contributed by atoms with van der Waals surface area (Å²) in [5.74, 6) is -3.46. The standard InChI is InChI=1S/C41H44ClN5O7/c1-41(2,3)54-40(53)47-34(22-29-24-44-32-11-7-6-10-31(29)32)39(52)45-33(21-26-12-15-27-8-4-5-9-28(27)20-26)38(51)46-35(23-36(48)49)37(50)43-19-18-25-13-16-30(42)17-14-25/h4-17,20,24,33-35,44H,18-19,21-23H2,1-3H3,(H,43,50)(H,45,52)(H,46,51)(H,47,53)(H,48,49)/t33-,34+,35-/m1/s1. The molecule has 0 spiro atoms. The van der Waals surface area contributed by atoms with E-state index in [1.165, 1.54) is 0 Å². The Kier molecular flexibility index (Phi) is 12.9. The maximum absolute atomic E-state index is 14.2. The maximum atomic E-state index is 14.2. The van der Waals surface area contributed by atoms with Crippen molar-refractivity contribution >= 4 is 63.1 Å². The molecule has 0 fully saturated rings. The summed E-state index contributed by atoms with van der Waals surface area (Å²) in [5, 5.41) is 23.7. The lowest BCUT2D eigenvalue weighted by Gasteiger charge is -2.26. The van der Waals surface area contributed by atoms with Crippen LogP contribution in [0.15, 0.2) is 97.2 Å². The van der Waals surface area contributed by atoms with E-state index in [2.05, 4.69) is 26.3 Å². The molecule has 0 aliphatic rings. The predicted octanol–water partition coefficient (Wildman–Crippen LogP) is 5.46. The fourth-order valence-corrected chi connectivity index (χ4v) is 6.15. The zero-order valence-corrected chi connectivity index (χ0v) is 31.0. The minimum atomic E-state index is -1.45. The van der Waals surface area contributed by atoms with Gasteiger partial charge in [0, 0.05) is 41.5 Å². The summed E-state index contributed by atoms with van der Waals surface area (Å²) in [5.41, 5.74) is 2.34. The van der Waals surface area contributed by atoms with E-state index in [0.29, 0.717) is 17.0 Å². The number of carboxylic acids is 1. The first-order valence-corrected chi connectivity index (χ1v) is 18.0. The number of halogens is 1. The molecule has 6 N–H and O–H groups in total. The Morgan fingerprint density at radius 1 is 0.741 bits per heavy atom. The molecule has 282 valence electrons. The summed E-state index contributed by atoms with van der Waals surface area (Å²) in [7, 11) is 0. The number of rotatable bonds is 15. The molecule has 54 heavy (non-hydrogen) atoms. The lowest BCUT2D eigenvalue weighted by atomic mass is 9.99. The molecule has 5 rings (SSSR count). The predicted molar refractivity (Wildman–Crippen MR) is 207 cm³/mol. The lowest BCUT2D eigenvalue weighted by Crippen LogP contribution is -2.58. The Labute approximate surface area is 318 Å². The van der Waals surface area contributed by atoms with Gasteiger partial charge in [-0.2, -0.15) is 0 Å². The van der Waals surface area contributed by atoms with E-state index in [0.717, 1.165) is 32.8 Å². The summed E-state index contributed by atoms with van der Waals surface area (Å²) < 4.78 is 5.47. The van der Waals surface area contributed by atoms with E-state index in [9.17, 15) is 29.1 Å². The van der Waals surface area contributed by atoms with E-state index >= 15 is 0 Å². The number of alkyl carbamates (subject to hydrolysis) is 1. The number of carbonyl (C=O) groups excluding carboxylic acids is 4. The molecule has 4 amide bonds. The first kappa shape index (κ1) is 39.3. The number of para-hydroxylation sites is 1. The number of benzene rings is 4. The Hall–Kier alpha value is -5.88. The van der Waals surface area contributed by atoms with Gasteiger partial charge in [-0.25, -0.2) is 4.79 Å². The lowest BCUT2D eigenvalue weighted by molar-refractivity contribution is -0.141. The maximum Gasteiger partial charge on any atom is 0.408 e. The summed E-state index contributed by atoms with van der Waals surface area (Å²) >= 11 is 5.97. The number of aliphatic carboxylic acids is 1. The van der Waals surface area contributed by atoms with Gasteiger partial charge in [0.2, 0.25) is 17.7 Å². The molecule has 0 saturated carbocycles. The molecule has 13 heteroatoms. The average molecular weight is 754 g/mol. The molecule has 12 nitrogen and oxygen atoms in total. The van der Waals surface area contributed by atoms with E-state index in [1.54, 1.807) is 39.1 Å². The topological polar surface area (TPSA) is 179 Å². The number of H-pyrrole nitrogens is 1. The van der Waals surface area contributed by atoms with Crippen molar-refractivity contribution in [1.82, 2.24) is 26.3 Å². The van der Waals surface area contributed by atoms with Gasteiger partial charge >= 0.3 is 12.1 Å². The number of carboxylic acid groups (broad SMARTS) is 1. The number of hydrogen-bond donors (Lipinski definition) is 6. The minimum Gasteiger partial charge on any atom is -0.481 e. The highest BCUT2D eigenvalue weighted by molar-refractivity contribution is 6.30. The fraction of sp³-hybridized carbons (Fsp3) is 0.293. The van der Waals surface area contributed by atoms with Crippen LogP contribution in [0.3, 0.4) is 0 Å². The van der Waals surface area contributed by atoms with Crippen molar-refractivity contribution in [2.45, 2.75) is 70.2 Å². The minimum absolute atomic E-state index is 0.00731. The van der Waals surface area contributed by atoms with E-state index in [4.69, 9.17) is 16.3 Å². The molecule has 1 heterocycles. The smallest absolute Gasteiger partial charge is 0.408 e. The van der Waals surface area contributed by atoms with Gasteiger partial charge in [0.25, 0.3) is 0 Å². The van der Waals surface area contributed by atoms with Crippen LogP contribution in [0.5, 0.6) is 0 Å². The third-order valence-corrected chi connectivity index (χ3v) is 8.88. The average Bonchev–Trinajstić information content (AvgIpc) is 3.53. The number of ether oxygens (including phenoxy) is 1. The van der Waals surface area contributed by atoms with Crippen LogP contribution in [0.1, 0.15) is 43.9 Å². The normalized spacial score (nSPS) is 13.0. The van der Waals surface area contributed by atoms with Crippen molar-refractivity contribution in [2.75, 3.05) is 6.54 Å². The second-order valence-corrected chi connectivity index (χ2v) is 14.5.